The number of aryl methyl sites for hydroxylation is 2. The van der Waals surface area contributed by atoms with Gasteiger partial charge in [-0.1, -0.05) is 19.8 Å². The van der Waals surface area contributed by atoms with Crippen molar-refractivity contribution in [2.24, 2.45) is 5.92 Å². The van der Waals surface area contributed by atoms with Crippen LogP contribution in [0, 0.1) is 19.8 Å². The number of urea groups is 1. The highest BCUT2D eigenvalue weighted by Crippen LogP contribution is 2.38. The van der Waals surface area contributed by atoms with Gasteiger partial charge in [-0.15, -0.1) is 11.3 Å². The molecule has 5 nitrogen and oxygen atoms in total. The first-order valence-electron chi connectivity index (χ1n) is 8.09. The van der Waals surface area contributed by atoms with Gasteiger partial charge in [0.15, 0.2) is 5.78 Å². The first-order valence-corrected chi connectivity index (χ1v) is 8.91. The van der Waals surface area contributed by atoms with Crippen LogP contribution in [0.5, 0.6) is 0 Å². The van der Waals surface area contributed by atoms with Gasteiger partial charge in [-0.3, -0.25) is 14.5 Å². The SMILES string of the molecule is Cc1cc(C(=O)CN2C(=O)N[C@@]3(CCCC[C@@H]3C)C2=O)c(C)s1. The van der Waals surface area contributed by atoms with Crippen LogP contribution in [0.15, 0.2) is 6.07 Å². The highest BCUT2D eigenvalue weighted by Gasteiger charge is 2.55. The number of Topliss-reactive ketones (excluding diaryl/α,β-unsaturated/α-hetero) is 1. The van der Waals surface area contributed by atoms with Gasteiger partial charge in [0.2, 0.25) is 0 Å². The molecule has 1 aliphatic carbocycles. The van der Waals surface area contributed by atoms with Gasteiger partial charge in [-0.05, 0) is 38.7 Å². The molecule has 23 heavy (non-hydrogen) atoms. The molecule has 1 aromatic rings. The zero-order valence-electron chi connectivity index (χ0n) is 13.8. The molecule has 0 aromatic carbocycles. The van der Waals surface area contributed by atoms with Gasteiger partial charge in [0.25, 0.3) is 5.91 Å². The zero-order chi connectivity index (χ0) is 16.8. The van der Waals surface area contributed by atoms with Crippen molar-refractivity contribution in [3.63, 3.8) is 0 Å². The van der Waals surface area contributed by atoms with Crippen LogP contribution in [0.2, 0.25) is 0 Å². The van der Waals surface area contributed by atoms with Crippen LogP contribution < -0.4 is 5.32 Å². The van der Waals surface area contributed by atoms with E-state index in [1.165, 1.54) is 0 Å². The second kappa shape index (κ2) is 5.74. The maximum absolute atomic E-state index is 12.9. The zero-order valence-corrected chi connectivity index (χ0v) is 14.6. The second-order valence-corrected chi connectivity index (χ2v) is 8.15. The van der Waals surface area contributed by atoms with E-state index in [1.54, 1.807) is 11.3 Å². The average molecular weight is 334 g/mol. The van der Waals surface area contributed by atoms with Gasteiger partial charge >= 0.3 is 6.03 Å². The Balaban J connectivity index is 1.81. The molecule has 1 N–H and O–H groups in total. The fourth-order valence-electron chi connectivity index (χ4n) is 3.78. The van der Waals surface area contributed by atoms with E-state index >= 15 is 0 Å². The molecule has 1 saturated carbocycles. The number of rotatable bonds is 3. The van der Waals surface area contributed by atoms with E-state index in [9.17, 15) is 14.4 Å². The smallest absolute Gasteiger partial charge is 0.323 e. The molecule has 2 heterocycles. The first kappa shape index (κ1) is 16.2. The standard InChI is InChI=1S/C17H22N2O3S/c1-10-6-4-5-7-17(10)15(21)19(16(22)18-17)9-14(20)13-8-11(2)23-12(13)3/h8,10H,4-7,9H2,1-3H3,(H,18,22)/t10-,17+/m0/s1. The molecule has 0 unspecified atom stereocenters. The maximum Gasteiger partial charge on any atom is 0.325 e. The maximum atomic E-state index is 12.9. The lowest BCUT2D eigenvalue weighted by Gasteiger charge is -2.36. The van der Waals surface area contributed by atoms with Crippen molar-refractivity contribution >= 4 is 29.1 Å². The number of carbonyl (C=O) groups excluding carboxylic acids is 3. The van der Waals surface area contributed by atoms with E-state index in [4.69, 9.17) is 0 Å². The fraction of sp³-hybridized carbons (Fsp3) is 0.588. The van der Waals surface area contributed by atoms with Crippen LogP contribution in [0.25, 0.3) is 0 Å². The summed E-state index contributed by atoms with van der Waals surface area (Å²) in [7, 11) is 0. The van der Waals surface area contributed by atoms with Crippen molar-refractivity contribution in [1.29, 1.82) is 0 Å². The molecule has 1 aliphatic heterocycles. The number of carbonyl (C=O) groups is 3. The number of nitrogens with zero attached hydrogens (tertiary/aromatic N) is 1. The summed E-state index contributed by atoms with van der Waals surface area (Å²) in [6, 6.07) is 1.40. The Bertz CT molecular complexity index is 681. The van der Waals surface area contributed by atoms with Crippen LogP contribution in [0.1, 0.15) is 52.7 Å². The summed E-state index contributed by atoms with van der Waals surface area (Å²) in [6.45, 7) is 5.67. The number of imide groups is 1. The molecule has 2 atom stereocenters. The average Bonchev–Trinajstić information content (AvgIpc) is 2.95. The summed E-state index contributed by atoms with van der Waals surface area (Å²) in [5.74, 6) is -0.290. The molecule has 1 saturated heterocycles. The summed E-state index contributed by atoms with van der Waals surface area (Å²) in [5.41, 5.74) is -0.180. The topological polar surface area (TPSA) is 66.5 Å². The highest BCUT2D eigenvalue weighted by molar-refractivity contribution is 7.12. The van der Waals surface area contributed by atoms with E-state index in [0.717, 1.165) is 33.9 Å². The Morgan fingerprint density at radius 3 is 2.74 bits per heavy atom. The molecule has 3 amide bonds. The molecular formula is C17H22N2O3S. The summed E-state index contributed by atoms with van der Waals surface area (Å²) >= 11 is 1.55. The van der Waals surface area contributed by atoms with E-state index < -0.39 is 11.6 Å². The molecule has 6 heteroatoms. The lowest BCUT2D eigenvalue weighted by molar-refractivity contribution is -0.133. The molecule has 2 aliphatic rings. The van der Waals surface area contributed by atoms with Gasteiger partial charge in [0.05, 0.1) is 6.54 Å². The molecule has 3 rings (SSSR count). The summed E-state index contributed by atoms with van der Waals surface area (Å²) < 4.78 is 0. The Hall–Kier alpha value is -1.69. The molecular weight excluding hydrogens is 312 g/mol. The lowest BCUT2D eigenvalue weighted by Crippen LogP contribution is -2.54. The van der Waals surface area contributed by atoms with Gasteiger partial charge < -0.3 is 5.32 Å². The Kier molecular flexibility index (Phi) is 4.04. The van der Waals surface area contributed by atoms with Crippen molar-refractivity contribution in [3.05, 3.63) is 21.4 Å². The van der Waals surface area contributed by atoms with E-state index in [-0.39, 0.29) is 24.2 Å². The molecule has 0 radical (unpaired) electrons. The van der Waals surface area contributed by atoms with Crippen LogP contribution in [-0.2, 0) is 4.79 Å². The predicted octanol–water partition coefficient (Wildman–Crippen LogP) is 3.05. The molecule has 2 fully saturated rings. The third-order valence-electron chi connectivity index (χ3n) is 5.14. The Labute approximate surface area is 140 Å². The van der Waals surface area contributed by atoms with Gasteiger partial charge in [-0.2, -0.15) is 0 Å². The minimum Gasteiger partial charge on any atom is -0.323 e. The molecule has 1 aromatic heterocycles. The molecule has 124 valence electrons. The number of hydrogen-bond acceptors (Lipinski definition) is 4. The summed E-state index contributed by atoms with van der Waals surface area (Å²) in [6.07, 6.45) is 3.61. The number of ketones is 1. The number of nitrogens with one attached hydrogen (secondary N) is 1. The van der Waals surface area contributed by atoms with Crippen molar-refractivity contribution in [2.45, 2.75) is 52.0 Å². The lowest BCUT2D eigenvalue weighted by atomic mass is 9.73. The summed E-state index contributed by atoms with van der Waals surface area (Å²) in [4.78, 5) is 40.8. The third-order valence-corrected chi connectivity index (χ3v) is 6.11. The van der Waals surface area contributed by atoms with Crippen molar-refractivity contribution in [3.8, 4) is 0 Å². The van der Waals surface area contributed by atoms with E-state index in [2.05, 4.69) is 5.32 Å². The number of thiophene rings is 1. The van der Waals surface area contributed by atoms with Gasteiger partial charge in [0.1, 0.15) is 5.54 Å². The number of amides is 3. The largest absolute Gasteiger partial charge is 0.325 e. The predicted molar refractivity (Wildman–Crippen MR) is 88.7 cm³/mol. The highest BCUT2D eigenvalue weighted by atomic mass is 32.1. The minimum absolute atomic E-state index is 0.109. The van der Waals surface area contributed by atoms with Crippen LogP contribution >= 0.6 is 11.3 Å². The van der Waals surface area contributed by atoms with E-state index in [1.807, 2.05) is 26.8 Å². The number of hydrogen-bond donors (Lipinski definition) is 1. The minimum atomic E-state index is -0.796. The quantitative estimate of drug-likeness (QED) is 0.682. The van der Waals surface area contributed by atoms with E-state index in [0.29, 0.717) is 12.0 Å². The van der Waals surface area contributed by atoms with Gasteiger partial charge in [-0.25, -0.2) is 4.79 Å². The third kappa shape index (κ3) is 2.59. The van der Waals surface area contributed by atoms with Crippen molar-refractivity contribution in [1.82, 2.24) is 10.2 Å². The Morgan fingerprint density at radius 2 is 2.13 bits per heavy atom. The normalized spacial score (nSPS) is 27.6. The van der Waals surface area contributed by atoms with Crippen molar-refractivity contribution < 1.29 is 14.4 Å². The molecule has 1 spiro atoms. The van der Waals surface area contributed by atoms with Crippen molar-refractivity contribution in [2.75, 3.05) is 6.54 Å². The van der Waals surface area contributed by atoms with Crippen LogP contribution in [0.3, 0.4) is 0 Å². The second-order valence-electron chi connectivity index (χ2n) is 6.69. The van der Waals surface area contributed by atoms with Crippen LogP contribution in [0.4, 0.5) is 4.79 Å². The van der Waals surface area contributed by atoms with Gasteiger partial charge in [0, 0.05) is 15.3 Å². The fourth-order valence-corrected chi connectivity index (χ4v) is 4.72. The molecule has 0 bridgehead atoms. The summed E-state index contributed by atoms with van der Waals surface area (Å²) in [5, 5.41) is 2.88. The monoisotopic (exact) mass is 334 g/mol. The van der Waals surface area contributed by atoms with Crippen LogP contribution in [-0.4, -0.2) is 34.7 Å². The first-order chi connectivity index (χ1) is 10.8. The Morgan fingerprint density at radius 1 is 1.39 bits per heavy atom.